The van der Waals surface area contributed by atoms with Crippen molar-refractivity contribution >= 4 is 17.2 Å². The molecule has 1 aromatic rings. The van der Waals surface area contributed by atoms with E-state index in [1.165, 1.54) is 4.88 Å². The highest BCUT2D eigenvalue weighted by molar-refractivity contribution is 7.11. The van der Waals surface area contributed by atoms with Gasteiger partial charge in [0, 0.05) is 36.1 Å². The molecule has 2 N–H and O–H groups in total. The minimum absolute atomic E-state index is 0.166. The first kappa shape index (κ1) is 11.5. The Morgan fingerprint density at radius 1 is 1.69 bits per heavy atom. The van der Waals surface area contributed by atoms with Crippen LogP contribution in [0.3, 0.4) is 0 Å². The highest BCUT2D eigenvalue weighted by Crippen LogP contribution is 2.21. The molecule has 2 unspecified atom stereocenters. The largest absolute Gasteiger partial charge is 0.355 e. The van der Waals surface area contributed by atoms with Gasteiger partial charge >= 0.3 is 0 Å². The van der Waals surface area contributed by atoms with Gasteiger partial charge in [0.2, 0.25) is 5.91 Å². The van der Waals surface area contributed by atoms with Gasteiger partial charge < -0.3 is 10.6 Å². The van der Waals surface area contributed by atoms with E-state index >= 15 is 0 Å². The maximum Gasteiger partial charge on any atom is 0.220 e. The summed E-state index contributed by atoms with van der Waals surface area (Å²) in [7, 11) is 0. The molecule has 1 aliphatic heterocycles. The van der Waals surface area contributed by atoms with E-state index in [4.69, 9.17) is 0 Å². The number of amides is 1. The Morgan fingerprint density at radius 3 is 3.06 bits per heavy atom. The monoisotopic (exact) mass is 239 g/mol. The van der Waals surface area contributed by atoms with Crippen molar-refractivity contribution in [2.75, 3.05) is 6.54 Å². The molecule has 0 aromatic carbocycles. The quantitative estimate of drug-likeness (QED) is 0.838. The third-order valence-corrected chi connectivity index (χ3v) is 3.91. The predicted molar refractivity (Wildman–Crippen MR) is 64.4 cm³/mol. The van der Waals surface area contributed by atoms with Crippen LogP contribution in [0, 0.1) is 6.92 Å². The molecule has 4 nitrogen and oxygen atoms in total. The maximum atomic E-state index is 11.0. The van der Waals surface area contributed by atoms with Crippen molar-refractivity contribution in [1.82, 2.24) is 15.6 Å². The maximum absolute atomic E-state index is 11.0. The summed E-state index contributed by atoms with van der Waals surface area (Å²) in [5.41, 5.74) is 0. The lowest BCUT2D eigenvalue weighted by Gasteiger charge is -2.26. The van der Waals surface area contributed by atoms with Crippen LogP contribution in [-0.2, 0) is 4.79 Å². The fourth-order valence-electron chi connectivity index (χ4n) is 1.89. The molecule has 2 atom stereocenters. The van der Waals surface area contributed by atoms with Crippen LogP contribution in [0.2, 0.25) is 0 Å². The summed E-state index contributed by atoms with van der Waals surface area (Å²) < 4.78 is 0. The molecule has 2 rings (SSSR count). The first-order valence-electron chi connectivity index (χ1n) is 5.60. The zero-order chi connectivity index (χ0) is 11.5. The van der Waals surface area contributed by atoms with Crippen molar-refractivity contribution < 1.29 is 4.79 Å². The minimum atomic E-state index is 0.166. The van der Waals surface area contributed by atoms with E-state index in [1.807, 2.05) is 13.1 Å². The molecule has 88 valence electrons. The zero-order valence-electron chi connectivity index (χ0n) is 9.62. The number of hydrogen-bond acceptors (Lipinski definition) is 4. The molecule has 0 radical (unpaired) electrons. The topological polar surface area (TPSA) is 54.0 Å². The van der Waals surface area contributed by atoms with E-state index in [2.05, 4.69) is 22.5 Å². The summed E-state index contributed by atoms with van der Waals surface area (Å²) >= 11 is 1.72. The average Bonchev–Trinajstić information content (AvgIpc) is 2.68. The highest BCUT2D eigenvalue weighted by atomic mass is 32.1. The Bertz CT molecular complexity index is 367. The smallest absolute Gasteiger partial charge is 0.220 e. The number of hydrogen-bond donors (Lipinski definition) is 2. The lowest BCUT2D eigenvalue weighted by atomic mass is 10.1. The number of carbonyl (C=O) groups is 1. The van der Waals surface area contributed by atoms with Gasteiger partial charge in [-0.3, -0.25) is 4.79 Å². The van der Waals surface area contributed by atoms with Crippen LogP contribution in [0.4, 0.5) is 0 Å². The lowest BCUT2D eigenvalue weighted by Crippen LogP contribution is -2.46. The van der Waals surface area contributed by atoms with Gasteiger partial charge in [0.15, 0.2) is 0 Å². The van der Waals surface area contributed by atoms with Gasteiger partial charge in [0.1, 0.15) is 0 Å². The molecule has 0 bridgehead atoms. The summed E-state index contributed by atoms with van der Waals surface area (Å²) in [6.45, 7) is 4.89. The first-order chi connectivity index (χ1) is 7.65. The number of piperidine rings is 1. The number of rotatable bonds is 3. The van der Waals surface area contributed by atoms with E-state index in [-0.39, 0.29) is 5.91 Å². The summed E-state index contributed by atoms with van der Waals surface area (Å²) in [6, 6.07) is 0.696. The second kappa shape index (κ2) is 4.93. The van der Waals surface area contributed by atoms with Crippen LogP contribution in [0.5, 0.6) is 0 Å². The molecule has 2 heterocycles. The van der Waals surface area contributed by atoms with Crippen LogP contribution < -0.4 is 10.6 Å². The van der Waals surface area contributed by atoms with Crippen molar-refractivity contribution in [1.29, 1.82) is 0 Å². The summed E-state index contributed by atoms with van der Waals surface area (Å²) in [6.07, 6.45) is 3.49. The van der Waals surface area contributed by atoms with Gasteiger partial charge in [-0.2, -0.15) is 0 Å². The Kier molecular flexibility index (Phi) is 3.56. The third-order valence-electron chi connectivity index (χ3n) is 2.82. The molecule has 16 heavy (non-hydrogen) atoms. The van der Waals surface area contributed by atoms with E-state index in [9.17, 15) is 4.79 Å². The Balaban J connectivity index is 1.87. The van der Waals surface area contributed by atoms with Gasteiger partial charge in [-0.15, -0.1) is 11.3 Å². The molecular formula is C11H17N3OS. The third kappa shape index (κ3) is 2.80. The molecule has 1 saturated heterocycles. The van der Waals surface area contributed by atoms with Crippen LogP contribution in [-0.4, -0.2) is 23.5 Å². The molecular weight excluding hydrogens is 222 g/mol. The SMILES string of the molecule is Cc1ncc(C(C)NC2CCC(=O)NC2)s1. The Hall–Kier alpha value is -0.940. The molecule has 0 aliphatic carbocycles. The molecule has 1 fully saturated rings. The normalized spacial score (nSPS) is 22.9. The van der Waals surface area contributed by atoms with Crippen molar-refractivity contribution in [3.8, 4) is 0 Å². The molecule has 5 heteroatoms. The summed E-state index contributed by atoms with van der Waals surface area (Å²) in [5, 5.41) is 7.50. The number of aryl methyl sites for hydroxylation is 1. The highest BCUT2D eigenvalue weighted by Gasteiger charge is 2.20. The van der Waals surface area contributed by atoms with Crippen LogP contribution in [0.1, 0.15) is 35.7 Å². The second-order valence-corrected chi connectivity index (χ2v) is 5.48. The van der Waals surface area contributed by atoms with Gasteiger partial charge in [-0.1, -0.05) is 0 Å². The summed E-state index contributed by atoms with van der Waals surface area (Å²) in [4.78, 5) is 16.5. The molecule has 1 aliphatic rings. The zero-order valence-corrected chi connectivity index (χ0v) is 10.4. The van der Waals surface area contributed by atoms with E-state index < -0.39 is 0 Å². The molecule has 1 aromatic heterocycles. The van der Waals surface area contributed by atoms with Crippen LogP contribution in [0.15, 0.2) is 6.20 Å². The average molecular weight is 239 g/mol. The Labute approximate surface area is 99.5 Å². The predicted octanol–water partition coefficient (Wildman–Crippen LogP) is 1.38. The van der Waals surface area contributed by atoms with Crippen LogP contribution in [0.25, 0.3) is 0 Å². The number of thiazole rings is 1. The Morgan fingerprint density at radius 2 is 2.50 bits per heavy atom. The number of carbonyl (C=O) groups excluding carboxylic acids is 1. The van der Waals surface area contributed by atoms with Crippen molar-refractivity contribution in [3.05, 3.63) is 16.1 Å². The summed E-state index contributed by atoms with van der Waals surface area (Å²) in [5.74, 6) is 0.166. The number of nitrogens with zero attached hydrogens (tertiary/aromatic N) is 1. The molecule has 0 spiro atoms. The van der Waals surface area contributed by atoms with Crippen LogP contribution >= 0.6 is 11.3 Å². The number of nitrogens with one attached hydrogen (secondary N) is 2. The van der Waals surface area contributed by atoms with Crippen molar-refractivity contribution in [2.24, 2.45) is 0 Å². The minimum Gasteiger partial charge on any atom is -0.355 e. The standard InChI is InChI=1S/C11H17N3OS/c1-7(10-6-12-8(2)16-10)14-9-3-4-11(15)13-5-9/h6-7,9,14H,3-5H2,1-2H3,(H,13,15). The molecule has 1 amide bonds. The van der Waals surface area contributed by atoms with E-state index in [0.29, 0.717) is 18.5 Å². The van der Waals surface area contributed by atoms with E-state index in [0.717, 1.165) is 18.0 Å². The lowest BCUT2D eigenvalue weighted by molar-refractivity contribution is -0.122. The first-order valence-corrected chi connectivity index (χ1v) is 6.42. The van der Waals surface area contributed by atoms with Crippen molar-refractivity contribution in [2.45, 2.75) is 38.8 Å². The van der Waals surface area contributed by atoms with Gasteiger partial charge in [-0.25, -0.2) is 4.98 Å². The molecule has 0 saturated carbocycles. The second-order valence-electron chi connectivity index (χ2n) is 4.21. The van der Waals surface area contributed by atoms with Gasteiger partial charge in [-0.05, 0) is 20.3 Å². The van der Waals surface area contributed by atoms with Gasteiger partial charge in [0.25, 0.3) is 0 Å². The fraction of sp³-hybridized carbons (Fsp3) is 0.636. The number of aromatic nitrogens is 1. The fourth-order valence-corrected chi connectivity index (χ4v) is 2.69. The van der Waals surface area contributed by atoms with Crippen molar-refractivity contribution in [3.63, 3.8) is 0 Å². The van der Waals surface area contributed by atoms with E-state index in [1.54, 1.807) is 11.3 Å². The van der Waals surface area contributed by atoms with Gasteiger partial charge in [0.05, 0.1) is 5.01 Å².